The summed E-state index contributed by atoms with van der Waals surface area (Å²) in [6.45, 7) is 1.91. The Balaban J connectivity index is 1.79. The molecule has 1 aliphatic rings. The Labute approximate surface area is 161 Å². The highest BCUT2D eigenvalue weighted by Gasteiger charge is 2.22. The Bertz CT molecular complexity index is 901. The second-order valence-electron chi connectivity index (χ2n) is 7.14. The number of rotatable bonds is 5. The molecule has 0 unspecified atom stereocenters. The van der Waals surface area contributed by atoms with Gasteiger partial charge in [-0.25, -0.2) is 8.42 Å². The zero-order valence-electron chi connectivity index (χ0n) is 15.8. The Hall–Kier alpha value is -2.34. The van der Waals surface area contributed by atoms with Gasteiger partial charge in [-0.15, -0.1) is 0 Å². The minimum absolute atomic E-state index is 0.148. The molecular formula is C21H26N2O3S. The molecule has 2 aromatic rings. The molecule has 1 fully saturated rings. The highest BCUT2D eigenvalue weighted by Crippen LogP contribution is 2.24. The first-order chi connectivity index (χ1) is 12.9. The topological polar surface area (TPSA) is 66.5 Å². The van der Waals surface area contributed by atoms with Crippen molar-refractivity contribution in [2.24, 2.45) is 0 Å². The molecule has 0 aliphatic heterocycles. The van der Waals surface area contributed by atoms with E-state index in [1.165, 1.54) is 17.8 Å². The lowest BCUT2D eigenvalue weighted by atomic mass is 9.95. The second-order valence-corrected chi connectivity index (χ2v) is 9.11. The van der Waals surface area contributed by atoms with Gasteiger partial charge in [-0.2, -0.15) is 0 Å². The molecule has 0 saturated heterocycles. The normalized spacial score (nSPS) is 15.3. The minimum Gasteiger partial charge on any atom is -0.349 e. The third-order valence-electron chi connectivity index (χ3n) is 5.09. The van der Waals surface area contributed by atoms with E-state index in [-0.39, 0.29) is 16.8 Å². The third-order valence-corrected chi connectivity index (χ3v) is 6.89. The quantitative estimate of drug-likeness (QED) is 0.848. The summed E-state index contributed by atoms with van der Waals surface area (Å²) in [7, 11) is -2.17. The third kappa shape index (κ3) is 4.50. The number of hydrogen-bond acceptors (Lipinski definition) is 3. The van der Waals surface area contributed by atoms with Gasteiger partial charge in [0, 0.05) is 18.7 Å². The van der Waals surface area contributed by atoms with Crippen molar-refractivity contribution in [1.29, 1.82) is 0 Å². The van der Waals surface area contributed by atoms with Gasteiger partial charge in [0.2, 0.25) is 0 Å². The molecule has 1 saturated carbocycles. The van der Waals surface area contributed by atoms with Gasteiger partial charge >= 0.3 is 0 Å². The zero-order chi connectivity index (χ0) is 19.4. The molecule has 144 valence electrons. The van der Waals surface area contributed by atoms with Crippen LogP contribution in [0.3, 0.4) is 0 Å². The van der Waals surface area contributed by atoms with E-state index in [4.69, 9.17) is 0 Å². The number of hydrogen-bond donors (Lipinski definition) is 1. The van der Waals surface area contributed by atoms with Crippen molar-refractivity contribution in [2.75, 3.05) is 11.4 Å². The zero-order valence-corrected chi connectivity index (χ0v) is 16.6. The molecule has 0 spiro atoms. The maximum atomic E-state index is 12.9. The van der Waals surface area contributed by atoms with E-state index < -0.39 is 10.0 Å². The van der Waals surface area contributed by atoms with Gasteiger partial charge in [0.1, 0.15) is 0 Å². The van der Waals surface area contributed by atoms with Gasteiger partial charge in [0.15, 0.2) is 0 Å². The van der Waals surface area contributed by atoms with Gasteiger partial charge in [0.05, 0.1) is 10.6 Å². The number of carbonyl (C=O) groups excluding carboxylic acids is 1. The summed E-state index contributed by atoms with van der Waals surface area (Å²) >= 11 is 0. The van der Waals surface area contributed by atoms with Crippen molar-refractivity contribution in [3.63, 3.8) is 0 Å². The Morgan fingerprint density at radius 2 is 1.70 bits per heavy atom. The van der Waals surface area contributed by atoms with E-state index in [9.17, 15) is 13.2 Å². The summed E-state index contributed by atoms with van der Waals surface area (Å²) in [4.78, 5) is 12.8. The molecule has 0 radical (unpaired) electrons. The van der Waals surface area contributed by atoms with Gasteiger partial charge in [-0.05, 0) is 50.1 Å². The number of nitrogens with one attached hydrogen (secondary N) is 1. The first-order valence-electron chi connectivity index (χ1n) is 9.34. The van der Waals surface area contributed by atoms with E-state index in [2.05, 4.69) is 5.32 Å². The van der Waals surface area contributed by atoms with Gasteiger partial charge in [-0.3, -0.25) is 9.10 Å². The molecule has 27 heavy (non-hydrogen) atoms. The van der Waals surface area contributed by atoms with Crippen LogP contribution in [0.1, 0.15) is 48.0 Å². The van der Waals surface area contributed by atoms with Crippen LogP contribution in [0.25, 0.3) is 0 Å². The molecule has 2 aromatic carbocycles. The Kier molecular flexibility index (Phi) is 5.85. The van der Waals surface area contributed by atoms with Crippen molar-refractivity contribution in [3.8, 4) is 0 Å². The molecule has 5 nitrogen and oxygen atoms in total. The van der Waals surface area contributed by atoms with Crippen LogP contribution in [0.2, 0.25) is 0 Å². The molecule has 1 N–H and O–H groups in total. The predicted octanol–water partition coefficient (Wildman–Crippen LogP) is 3.88. The molecular weight excluding hydrogens is 360 g/mol. The van der Waals surface area contributed by atoms with Crippen LogP contribution in [0.15, 0.2) is 53.4 Å². The number of sulfonamides is 1. The fraction of sp³-hybridized carbons (Fsp3) is 0.381. The number of nitrogens with zero attached hydrogens (tertiary/aromatic N) is 1. The van der Waals surface area contributed by atoms with E-state index in [1.54, 1.807) is 48.5 Å². The van der Waals surface area contributed by atoms with Crippen LogP contribution in [0.4, 0.5) is 5.69 Å². The van der Waals surface area contributed by atoms with Crippen molar-refractivity contribution in [3.05, 3.63) is 59.7 Å². The van der Waals surface area contributed by atoms with Crippen LogP contribution in [-0.4, -0.2) is 27.4 Å². The number of anilines is 1. The van der Waals surface area contributed by atoms with Crippen LogP contribution < -0.4 is 9.62 Å². The molecule has 0 aromatic heterocycles. The number of aryl methyl sites for hydroxylation is 1. The van der Waals surface area contributed by atoms with Crippen LogP contribution >= 0.6 is 0 Å². The summed E-state index contributed by atoms with van der Waals surface area (Å²) in [6.07, 6.45) is 5.52. The maximum absolute atomic E-state index is 12.9. The Morgan fingerprint density at radius 1 is 1.04 bits per heavy atom. The highest BCUT2D eigenvalue weighted by molar-refractivity contribution is 7.92. The summed E-state index contributed by atoms with van der Waals surface area (Å²) in [6, 6.07) is 13.7. The number of benzene rings is 2. The monoisotopic (exact) mass is 386 g/mol. The minimum atomic E-state index is -3.68. The molecule has 0 bridgehead atoms. The number of amides is 1. The number of carbonyl (C=O) groups is 1. The van der Waals surface area contributed by atoms with E-state index >= 15 is 0 Å². The van der Waals surface area contributed by atoms with Gasteiger partial charge in [0.25, 0.3) is 15.9 Å². The summed E-state index contributed by atoms with van der Waals surface area (Å²) in [5, 5.41) is 3.07. The van der Waals surface area contributed by atoms with E-state index in [0.717, 1.165) is 31.2 Å². The summed E-state index contributed by atoms with van der Waals surface area (Å²) in [5.41, 5.74) is 1.94. The molecule has 3 rings (SSSR count). The largest absolute Gasteiger partial charge is 0.349 e. The lowest BCUT2D eigenvalue weighted by Gasteiger charge is -2.23. The summed E-state index contributed by atoms with van der Waals surface area (Å²) in [5.74, 6) is -0.148. The fourth-order valence-corrected chi connectivity index (χ4v) is 4.55. The molecule has 6 heteroatoms. The van der Waals surface area contributed by atoms with E-state index in [1.807, 2.05) is 6.92 Å². The average molecular weight is 387 g/mol. The summed E-state index contributed by atoms with van der Waals surface area (Å²) < 4.78 is 27.0. The average Bonchev–Trinajstić information content (AvgIpc) is 2.68. The van der Waals surface area contributed by atoms with Crippen LogP contribution in [0.5, 0.6) is 0 Å². The first-order valence-corrected chi connectivity index (χ1v) is 10.8. The fourth-order valence-electron chi connectivity index (χ4n) is 3.37. The van der Waals surface area contributed by atoms with Crippen molar-refractivity contribution >= 4 is 21.6 Å². The standard InChI is InChI=1S/C21H26N2O3S/c1-16-11-13-20(14-12-16)27(25,26)23(2)19-10-6-7-17(15-19)21(24)22-18-8-4-3-5-9-18/h6-7,10-15,18H,3-5,8-9H2,1-2H3,(H,22,24). The predicted molar refractivity (Wildman–Crippen MR) is 108 cm³/mol. The van der Waals surface area contributed by atoms with E-state index in [0.29, 0.717) is 11.3 Å². The molecule has 0 atom stereocenters. The molecule has 1 aliphatic carbocycles. The SMILES string of the molecule is Cc1ccc(S(=O)(=O)N(C)c2cccc(C(=O)NC3CCCCC3)c2)cc1. The van der Waals surface area contributed by atoms with Gasteiger partial charge in [-0.1, -0.05) is 43.0 Å². The maximum Gasteiger partial charge on any atom is 0.264 e. The van der Waals surface area contributed by atoms with Crippen molar-refractivity contribution < 1.29 is 13.2 Å². The van der Waals surface area contributed by atoms with Crippen LogP contribution in [0, 0.1) is 6.92 Å². The molecule has 1 amide bonds. The lowest BCUT2D eigenvalue weighted by molar-refractivity contribution is 0.0927. The second kappa shape index (κ2) is 8.13. The Morgan fingerprint density at radius 3 is 2.37 bits per heavy atom. The van der Waals surface area contributed by atoms with Crippen LogP contribution in [-0.2, 0) is 10.0 Å². The highest BCUT2D eigenvalue weighted by atomic mass is 32.2. The van der Waals surface area contributed by atoms with Crippen molar-refractivity contribution in [2.45, 2.75) is 50.0 Å². The lowest BCUT2D eigenvalue weighted by Crippen LogP contribution is -2.36. The van der Waals surface area contributed by atoms with Crippen molar-refractivity contribution in [1.82, 2.24) is 5.32 Å². The molecule has 0 heterocycles. The smallest absolute Gasteiger partial charge is 0.264 e. The first kappa shape index (κ1) is 19.4. The van der Waals surface area contributed by atoms with Gasteiger partial charge < -0.3 is 5.32 Å².